The van der Waals surface area contributed by atoms with E-state index >= 15 is 0 Å². The van der Waals surface area contributed by atoms with Crippen molar-refractivity contribution in [1.29, 1.82) is 0 Å². The Kier molecular flexibility index (Phi) is 6.41. The van der Waals surface area contributed by atoms with Crippen LogP contribution in [0.4, 0.5) is 13.2 Å². The van der Waals surface area contributed by atoms with Gasteiger partial charge in [-0.25, -0.2) is 0 Å². The maximum Gasteiger partial charge on any atom is 0.416 e. The first-order valence-electron chi connectivity index (χ1n) is 11.4. The minimum absolute atomic E-state index is 0.118. The van der Waals surface area contributed by atoms with Crippen molar-refractivity contribution in [1.82, 2.24) is 4.90 Å². The molecule has 0 radical (unpaired) electrons. The zero-order valence-corrected chi connectivity index (χ0v) is 18.6. The van der Waals surface area contributed by atoms with Gasteiger partial charge in [0, 0.05) is 17.7 Å². The largest absolute Gasteiger partial charge is 0.416 e. The van der Waals surface area contributed by atoms with Crippen molar-refractivity contribution >= 4 is 17.9 Å². The SMILES string of the molecule is CCC1CCC2(CC1)N=C(c1cccc(C(F)(F)F)c1)C(=O)N2CCc1ccc(C=O)cc1. The Hall–Kier alpha value is -2.96. The number of amides is 1. The van der Waals surface area contributed by atoms with Gasteiger partial charge in [0.25, 0.3) is 5.91 Å². The van der Waals surface area contributed by atoms with Gasteiger partial charge in [0.05, 0.1) is 5.56 Å². The molecule has 174 valence electrons. The van der Waals surface area contributed by atoms with E-state index in [1.165, 1.54) is 12.1 Å². The summed E-state index contributed by atoms with van der Waals surface area (Å²) in [6.07, 6.45) is 1.24. The monoisotopic (exact) mass is 456 g/mol. The number of hydrogen-bond acceptors (Lipinski definition) is 3. The molecule has 0 bridgehead atoms. The average Bonchev–Trinajstić information content (AvgIpc) is 3.09. The van der Waals surface area contributed by atoms with Crippen LogP contribution in [0.25, 0.3) is 0 Å². The molecule has 2 aromatic carbocycles. The highest BCUT2D eigenvalue weighted by Gasteiger charge is 2.48. The van der Waals surface area contributed by atoms with E-state index in [1.807, 2.05) is 12.1 Å². The van der Waals surface area contributed by atoms with Crippen LogP contribution in [0.2, 0.25) is 0 Å². The first kappa shape index (κ1) is 23.2. The Balaban J connectivity index is 1.63. The summed E-state index contributed by atoms with van der Waals surface area (Å²) in [6.45, 7) is 2.57. The van der Waals surface area contributed by atoms with E-state index in [0.29, 0.717) is 37.3 Å². The molecule has 2 aliphatic rings. The van der Waals surface area contributed by atoms with Gasteiger partial charge < -0.3 is 4.90 Å². The van der Waals surface area contributed by atoms with Crippen LogP contribution in [0, 0.1) is 5.92 Å². The molecule has 0 N–H and O–H groups in total. The number of aliphatic imine (C=N–C) groups is 1. The fourth-order valence-corrected chi connectivity index (χ4v) is 4.91. The third kappa shape index (κ3) is 4.72. The minimum Gasteiger partial charge on any atom is -0.312 e. The standard InChI is InChI=1S/C26H27F3N2O2/c1-2-18-10-13-25(14-11-18)30-23(21-4-3-5-22(16-21)26(27,28)29)24(33)31(25)15-12-19-6-8-20(17-32)9-7-19/h3-9,16-18H,2,10-15H2,1H3. The predicted octanol–water partition coefficient (Wildman–Crippen LogP) is 5.69. The summed E-state index contributed by atoms with van der Waals surface area (Å²) in [5, 5.41) is 0. The third-order valence-corrected chi connectivity index (χ3v) is 6.96. The lowest BCUT2D eigenvalue weighted by Crippen LogP contribution is -2.49. The summed E-state index contributed by atoms with van der Waals surface area (Å²) in [4.78, 5) is 31.0. The summed E-state index contributed by atoms with van der Waals surface area (Å²) in [6, 6.07) is 12.1. The normalized spacial score (nSPS) is 23.2. The molecular formula is C26H27F3N2O2. The van der Waals surface area contributed by atoms with Crippen LogP contribution in [0.1, 0.15) is 66.1 Å². The molecular weight excluding hydrogens is 429 g/mol. The van der Waals surface area contributed by atoms with E-state index in [1.54, 1.807) is 17.0 Å². The van der Waals surface area contributed by atoms with Gasteiger partial charge in [0.2, 0.25) is 0 Å². The number of alkyl halides is 3. The fraction of sp³-hybridized carbons (Fsp3) is 0.423. The lowest BCUT2D eigenvalue weighted by molar-refractivity contribution is -0.137. The number of carbonyl (C=O) groups is 2. The quantitative estimate of drug-likeness (QED) is 0.525. The second-order valence-corrected chi connectivity index (χ2v) is 8.94. The maximum absolute atomic E-state index is 13.5. The van der Waals surface area contributed by atoms with Crippen molar-refractivity contribution in [3.8, 4) is 0 Å². The molecule has 33 heavy (non-hydrogen) atoms. The van der Waals surface area contributed by atoms with Crippen molar-refractivity contribution in [3.05, 3.63) is 70.8 Å². The second-order valence-electron chi connectivity index (χ2n) is 8.94. The van der Waals surface area contributed by atoms with Gasteiger partial charge >= 0.3 is 6.18 Å². The maximum atomic E-state index is 13.5. The molecule has 1 spiro atoms. The molecule has 1 aliphatic heterocycles. The van der Waals surface area contributed by atoms with Crippen LogP contribution in [0.5, 0.6) is 0 Å². The lowest BCUT2D eigenvalue weighted by Gasteiger charge is -2.41. The lowest BCUT2D eigenvalue weighted by atomic mass is 9.80. The highest BCUT2D eigenvalue weighted by Crippen LogP contribution is 2.43. The van der Waals surface area contributed by atoms with Crippen LogP contribution < -0.4 is 0 Å². The highest BCUT2D eigenvalue weighted by molar-refractivity contribution is 6.46. The summed E-state index contributed by atoms with van der Waals surface area (Å²) in [5.41, 5.74) is 0.415. The first-order chi connectivity index (χ1) is 15.8. The molecule has 2 aromatic rings. The number of rotatable bonds is 6. The van der Waals surface area contributed by atoms with Gasteiger partial charge in [-0.1, -0.05) is 49.7 Å². The van der Waals surface area contributed by atoms with Crippen LogP contribution in [-0.4, -0.2) is 35.0 Å². The van der Waals surface area contributed by atoms with Gasteiger partial charge in [-0.2, -0.15) is 13.2 Å². The van der Waals surface area contributed by atoms with E-state index in [2.05, 4.69) is 6.92 Å². The summed E-state index contributed by atoms with van der Waals surface area (Å²) in [5.74, 6) is 0.269. The number of halogens is 3. The molecule has 1 amide bonds. The van der Waals surface area contributed by atoms with E-state index in [-0.39, 0.29) is 17.2 Å². The zero-order chi connectivity index (χ0) is 23.6. The molecule has 1 heterocycles. The molecule has 4 rings (SSSR count). The van der Waals surface area contributed by atoms with Crippen LogP contribution in [0.3, 0.4) is 0 Å². The summed E-state index contributed by atoms with van der Waals surface area (Å²) >= 11 is 0. The van der Waals surface area contributed by atoms with E-state index in [9.17, 15) is 22.8 Å². The fourth-order valence-electron chi connectivity index (χ4n) is 4.91. The Bertz CT molecular complexity index is 1050. The predicted molar refractivity (Wildman–Crippen MR) is 120 cm³/mol. The molecule has 0 unspecified atom stereocenters. The Morgan fingerprint density at radius 2 is 1.82 bits per heavy atom. The first-order valence-corrected chi connectivity index (χ1v) is 11.4. The number of nitrogens with zero attached hydrogens (tertiary/aromatic N) is 2. The van der Waals surface area contributed by atoms with Crippen molar-refractivity contribution in [2.24, 2.45) is 10.9 Å². The topological polar surface area (TPSA) is 49.7 Å². The Labute approximate surface area is 191 Å². The van der Waals surface area contributed by atoms with Crippen LogP contribution in [0.15, 0.2) is 53.5 Å². The molecule has 1 saturated carbocycles. The summed E-state index contributed by atoms with van der Waals surface area (Å²) in [7, 11) is 0. The molecule has 0 saturated heterocycles. The number of carbonyl (C=O) groups excluding carboxylic acids is 2. The molecule has 1 aliphatic carbocycles. The van der Waals surface area contributed by atoms with E-state index < -0.39 is 17.4 Å². The number of hydrogen-bond donors (Lipinski definition) is 0. The Morgan fingerprint density at radius 1 is 1.12 bits per heavy atom. The van der Waals surface area contributed by atoms with Crippen molar-refractivity contribution < 1.29 is 22.8 Å². The van der Waals surface area contributed by atoms with E-state index in [4.69, 9.17) is 4.99 Å². The number of benzene rings is 2. The smallest absolute Gasteiger partial charge is 0.312 e. The molecule has 7 heteroatoms. The minimum atomic E-state index is -4.48. The van der Waals surface area contributed by atoms with Gasteiger partial charge in [0.15, 0.2) is 0 Å². The molecule has 0 atom stereocenters. The van der Waals surface area contributed by atoms with Gasteiger partial charge in [-0.15, -0.1) is 0 Å². The van der Waals surface area contributed by atoms with Crippen LogP contribution >= 0.6 is 0 Å². The zero-order valence-electron chi connectivity index (χ0n) is 18.6. The van der Waals surface area contributed by atoms with Crippen LogP contribution in [-0.2, 0) is 17.4 Å². The van der Waals surface area contributed by atoms with E-state index in [0.717, 1.165) is 43.2 Å². The molecule has 1 fully saturated rings. The van der Waals surface area contributed by atoms with Gasteiger partial charge in [-0.05, 0) is 55.7 Å². The van der Waals surface area contributed by atoms with Gasteiger partial charge in [0.1, 0.15) is 17.7 Å². The van der Waals surface area contributed by atoms with Crippen molar-refractivity contribution in [2.75, 3.05) is 6.54 Å². The number of aldehydes is 1. The third-order valence-electron chi connectivity index (χ3n) is 6.96. The second kappa shape index (κ2) is 9.12. The van der Waals surface area contributed by atoms with Crippen molar-refractivity contribution in [2.45, 2.75) is 57.3 Å². The average molecular weight is 457 g/mol. The molecule has 0 aromatic heterocycles. The summed E-state index contributed by atoms with van der Waals surface area (Å²) < 4.78 is 39.8. The van der Waals surface area contributed by atoms with Crippen molar-refractivity contribution in [3.63, 3.8) is 0 Å². The van der Waals surface area contributed by atoms with Gasteiger partial charge in [-0.3, -0.25) is 14.6 Å². The Morgan fingerprint density at radius 3 is 2.42 bits per heavy atom. The highest BCUT2D eigenvalue weighted by atomic mass is 19.4. The molecule has 4 nitrogen and oxygen atoms in total.